The largest absolute Gasteiger partial charge is 0.389 e. The lowest BCUT2D eigenvalue weighted by Gasteiger charge is -2.37. The van der Waals surface area contributed by atoms with Crippen LogP contribution in [0, 0.1) is 5.82 Å². The lowest BCUT2D eigenvalue weighted by molar-refractivity contribution is -0.00673. The molecule has 2 nitrogen and oxygen atoms in total. The summed E-state index contributed by atoms with van der Waals surface area (Å²) in [7, 11) is 0. The van der Waals surface area contributed by atoms with Crippen molar-refractivity contribution in [3.8, 4) is 0 Å². The molecule has 18 heavy (non-hydrogen) atoms. The molecular weight excluding hydrogens is 297 g/mol. The fourth-order valence-electron chi connectivity index (χ4n) is 3.39. The van der Waals surface area contributed by atoms with Gasteiger partial charge < -0.3 is 10.4 Å². The molecule has 2 aliphatic heterocycles. The van der Waals surface area contributed by atoms with Crippen LogP contribution in [0.1, 0.15) is 31.2 Å². The first-order chi connectivity index (χ1) is 8.54. The van der Waals surface area contributed by atoms with Gasteiger partial charge in [-0.1, -0.05) is 22.0 Å². The summed E-state index contributed by atoms with van der Waals surface area (Å²) in [5, 5.41) is 14.2. The number of benzene rings is 1. The van der Waals surface area contributed by atoms with Crippen LogP contribution in [0.4, 0.5) is 4.39 Å². The van der Waals surface area contributed by atoms with Gasteiger partial charge in [0.15, 0.2) is 0 Å². The van der Waals surface area contributed by atoms with Crippen molar-refractivity contribution in [2.24, 2.45) is 0 Å². The van der Waals surface area contributed by atoms with Crippen LogP contribution in [0.3, 0.4) is 0 Å². The van der Waals surface area contributed by atoms with Gasteiger partial charge in [-0.25, -0.2) is 4.39 Å². The van der Waals surface area contributed by atoms with E-state index in [2.05, 4.69) is 21.2 Å². The van der Waals surface area contributed by atoms with Gasteiger partial charge >= 0.3 is 0 Å². The third-order valence-electron chi connectivity index (χ3n) is 4.12. The van der Waals surface area contributed by atoms with Crippen molar-refractivity contribution in [3.05, 3.63) is 34.1 Å². The van der Waals surface area contributed by atoms with E-state index in [4.69, 9.17) is 0 Å². The fraction of sp³-hybridized carbons (Fsp3) is 0.571. The lowest BCUT2D eigenvalue weighted by atomic mass is 9.82. The Labute approximate surface area is 115 Å². The quantitative estimate of drug-likeness (QED) is 0.880. The summed E-state index contributed by atoms with van der Waals surface area (Å²) in [6, 6.07) is 5.88. The van der Waals surface area contributed by atoms with E-state index in [1.165, 1.54) is 6.07 Å². The summed E-state index contributed by atoms with van der Waals surface area (Å²) < 4.78 is 14.6. The third-order valence-corrected chi connectivity index (χ3v) is 4.62. The van der Waals surface area contributed by atoms with Crippen molar-refractivity contribution in [1.29, 1.82) is 0 Å². The monoisotopic (exact) mass is 313 g/mol. The normalized spacial score (nSPS) is 34.8. The second kappa shape index (κ2) is 4.58. The van der Waals surface area contributed by atoms with Crippen LogP contribution >= 0.6 is 15.9 Å². The summed E-state index contributed by atoms with van der Waals surface area (Å²) >= 11 is 3.25. The summed E-state index contributed by atoms with van der Waals surface area (Å²) in [6.07, 6.45) is 4.16. The Hall–Kier alpha value is -0.450. The number of aliphatic hydroxyl groups is 1. The van der Waals surface area contributed by atoms with Crippen molar-refractivity contribution >= 4 is 15.9 Å². The van der Waals surface area contributed by atoms with Crippen molar-refractivity contribution in [2.45, 2.75) is 49.8 Å². The van der Waals surface area contributed by atoms with Crippen molar-refractivity contribution in [1.82, 2.24) is 5.32 Å². The highest BCUT2D eigenvalue weighted by Gasteiger charge is 2.42. The zero-order valence-electron chi connectivity index (χ0n) is 10.1. The Morgan fingerprint density at radius 1 is 1.33 bits per heavy atom. The maximum Gasteiger partial charge on any atom is 0.127 e. The molecule has 2 aliphatic rings. The van der Waals surface area contributed by atoms with E-state index in [0.29, 0.717) is 24.1 Å². The minimum atomic E-state index is -0.744. The molecule has 0 aliphatic carbocycles. The maximum absolute atomic E-state index is 13.8. The zero-order chi connectivity index (χ0) is 12.8. The summed E-state index contributed by atoms with van der Waals surface area (Å²) in [4.78, 5) is 0. The molecule has 1 aromatic rings. The van der Waals surface area contributed by atoms with E-state index < -0.39 is 5.60 Å². The molecule has 3 rings (SSSR count). The van der Waals surface area contributed by atoms with Crippen LogP contribution in [0.5, 0.6) is 0 Å². The van der Waals surface area contributed by atoms with Gasteiger partial charge in [0, 0.05) is 23.0 Å². The molecule has 2 heterocycles. The predicted octanol–water partition coefficient (Wildman–Crippen LogP) is 2.78. The van der Waals surface area contributed by atoms with E-state index in [1.807, 2.05) is 6.07 Å². The van der Waals surface area contributed by atoms with E-state index >= 15 is 0 Å². The lowest BCUT2D eigenvalue weighted by Crippen LogP contribution is -2.49. The van der Waals surface area contributed by atoms with Crippen molar-refractivity contribution in [2.75, 3.05) is 0 Å². The number of piperidine rings is 1. The van der Waals surface area contributed by atoms with Crippen molar-refractivity contribution in [3.63, 3.8) is 0 Å². The maximum atomic E-state index is 13.8. The molecule has 2 unspecified atom stereocenters. The number of rotatable bonds is 2. The highest BCUT2D eigenvalue weighted by Crippen LogP contribution is 2.36. The highest BCUT2D eigenvalue weighted by molar-refractivity contribution is 9.10. The SMILES string of the molecule is OC1(Cc2ccc(Br)cc2F)CC2CCC(C1)N2. The molecule has 2 atom stereocenters. The van der Waals surface area contributed by atoms with Crippen LogP contribution in [-0.4, -0.2) is 22.8 Å². The first-order valence-electron chi connectivity index (χ1n) is 6.46. The van der Waals surface area contributed by atoms with Gasteiger partial charge in [-0.3, -0.25) is 0 Å². The summed E-state index contributed by atoms with van der Waals surface area (Å²) in [5.74, 6) is -0.233. The van der Waals surface area contributed by atoms with Gasteiger partial charge in [0.25, 0.3) is 0 Å². The second-order valence-corrected chi connectivity index (χ2v) is 6.60. The minimum Gasteiger partial charge on any atom is -0.389 e. The second-order valence-electron chi connectivity index (χ2n) is 5.68. The van der Waals surface area contributed by atoms with E-state index in [0.717, 1.165) is 30.2 Å². The molecule has 2 bridgehead atoms. The summed E-state index contributed by atoms with van der Waals surface area (Å²) in [5.41, 5.74) is -0.131. The van der Waals surface area contributed by atoms with Gasteiger partial charge in [0.05, 0.1) is 5.60 Å². The van der Waals surface area contributed by atoms with E-state index in [9.17, 15) is 9.50 Å². The number of hydrogen-bond acceptors (Lipinski definition) is 2. The predicted molar refractivity (Wildman–Crippen MR) is 71.9 cm³/mol. The van der Waals surface area contributed by atoms with Crippen LogP contribution in [0.15, 0.2) is 22.7 Å². The van der Waals surface area contributed by atoms with Gasteiger partial charge in [-0.2, -0.15) is 0 Å². The topological polar surface area (TPSA) is 32.3 Å². The molecule has 98 valence electrons. The van der Waals surface area contributed by atoms with Gasteiger partial charge in [0.1, 0.15) is 5.82 Å². The Bertz CT molecular complexity index is 453. The first-order valence-corrected chi connectivity index (χ1v) is 7.26. The number of halogens is 2. The molecule has 1 aromatic carbocycles. The van der Waals surface area contributed by atoms with Crippen molar-refractivity contribution < 1.29 is 9.50 Å². The van der Waals surface area contributed by atoms with Gasteiger partial charge in [0.2, 0.25) is 0 Å². The highest BCUT2D eigenvalue weighted by atomic mass is 79.9. The molecular formula is C14H17BrFNO. The number of nitrogens with one attached hydrogen (secondary N) is 1. The average molecular weight is 314 g/mol. The van der Waals surface area contributed by atoms with Gasteiger partial charge in [-0.05, 0) is 43.4 Å². The van der Waals surface area contributed by atoms with Crippen LogP contribution in [-0.2, 0) is 6.42 Å². The van der Waals surface area contributed by atoms with E-state index in [-0.39, 0.29) is 5.82 Å². The molecule has 4 heteroatoms. The standard InChI is InChI=1S/C14H17BrFNO/c15-10-2-1-9(13(16)5-10)6-14(18)7-11-3-4-12(8-14)17-11/h1-2,5,11-12,17-18H,3-4,6-8H2. The Morgan fingerprint density at radius 2 is 2.00 bits per heavy atom. The Kier molecular flexibility index (Phi) is 3.20. The number of hydrogen-bond donors (Lipinski definition) is 2. The minimum absolute atomic E-state index is 0.233. The molecule has 2 fully saturated rings. The van der Waals surface area contributed by atoms with Gasteiger partial charge in [-0.15, -0.1) is 0 Å². The van der Waals surface area contributed by atoms with Crippen LogP contribution in [0.25, 0.3) is 0 Å². The molecule has 0 amide bonds. The molecule has 0 saturated carbocycles. The van der Waals surface area contributed by atoms with E-state index in [1.54, 1.807) is 6.07 Å². The molecule has 0 aromatic heterocycles. The Morgan fingerprint density at radius 3 is 2.61 bits per heavy atom. The molecule has 2 N–H and O–H groups in total. The van der Waals surface area contributed by atoms with Crippen LogP contribution in [0.2, 0.25) is 0 Å². The average Bonchev–Trinajstić information content (AvgIpc) is 2.63. The zero-order valence-corrected chi connectivity index (χ0v) is 11.7. The fourth-order valence-corrected chi connectivity index (χ4v) is 3.72. The smallest absolute Gasteiger partial charge is 0.127 e. The number of fused-ring (bicyclic) bond motifs is 2. The van der Waals surface area contributed by atoms with Crippen LogP contribution < -0.4 is 5.32 Å². The molecule has 0 radical (unpaired) electrons. The molecule has 0 spiro atoms. The summed E-state index contributed by atoms with van der Waals surface area (Å²) in [6.45, 7) is 0. The third kappa shape index (κ3) is 2.46. The molecule has 2 saturated heterocycles. The first kappa shape index (κ1) is 12.6. The Balaban J connectivity index is 1.79.